The molecule has 1 aromatic heterocycles. The van der Waals surface area contributed by atoms with Gasteiger partial charge in [-0.15, -0.1) is 0 Å². The lowest BCUT2D eigenvalue weighted by Crippen LogP contribution is -2.11. The van der Waals surface area contributed by atoms with Gasteiger partial charge in [0.25, 0.3) is 5.56 Å². The number of aryl methyl sites for hydroxylation is 2. The summed E-state index contributed by atoms with van der Waals surface area (Å²) < 4.78 is 0. The Bertz CT molecular complexity index is 622. The summed E-state index contributed by atoms with van der Waals surface area (Å²) in [6, 6.07) is 7.09. The lowest BCUT2D eigenvalue weighted by Gasteiger charge is -2.07. The van der Waals surface area contributed by atoms with Crippen LogP contribution in [0.5, 0.6) is 0 Å². The van der Waals surface area contributed by atoms with E-state index in [-0.39, 0.29) is 5.56 Å². The van der Waals surface area contributed by atoms with Crippen LogP contribution in [0, 0.1) is 6.92 Å². The lowest BCUT2D eigenvalue weighted by atomic mass is 10.2. The fourth-order valence-corrected chi connectivity index (χ4v) is 1.74. The van der Waals surface area contributed by atoms with E-state index in [2.05, 4.69) is 15.3 Å². The van der Waals surface area contributed by atoms with E-state index in [0.29, 0.717) is 17.4 Å². The summed E-state index contributed by atoms with van der Waals surface area (Å²) in [4.78, 5) is 18.4. The molecule has 4 nitrogen and oxygen atoms in total. The predicted molar refractivity (Wildman–Crippen MR) is 73.7 cm³/mol. The zero-order valence-corrected chi connectivity index (χ0v) is 11.0. The van der Waals surface area contributed by atoms with Crippen molar-refractivity contribution in [3.63, 3.8) is 0 Å². The van der Waals surface area contributed by atoms with Crippen LogP contribution in [-0.4, -0.2) is 9.97 Å². The highest BCUT2D eigenvalue weighted by molar-refractivity contribution is 6.31. The molecular formula is C13H14ClN3O. The maximum absolute atomic E-state index is 11.4. The molecular weight excluding hydrogens is 250 g/mol. The largest absolute Gasteiger partial charge is 0.326 e. The second-order valence-corrected chi connectivity index (χ2v) is 4.44. The number of anilines is 2. The van der Waals surface area contributed by atoms with Crippen molar-refractivity contribution in [2.24, 2.45) is 0 Å². The Morgan fingerprint density at radius 1 is 1.39 bits per heavy atom. The fourth-order valence-electron chi connectivity index (χ4n) is 1.56. The molecule has 18 heavy (non-hydrogen) atoms. The van der Waals surface area contributed by atoms with Crippen molar-refractivity contribution in [2.75, 3.05) is 5.32 Å². The van der Waals surface area contributed by atoms with Crippen molar-refractivity contribution in [3.8, 4) is 0 Å². The minimum Gasteiger partial charge on any atom is -0.326 e. The van der Waals surface area contributed by atoms with Crippen molar-refractivity contribution < 1.29 is 0 Å². The van der Waals surface area contributed by atoms with Gasteiger partial charge in [0.2, 0.25) is 5.95 Å². The molecule has 0 fully saturated rings. The summed E-state index contributed by atoms with van der Waals surface area (Å²) in [7, 11) is 0. The number of hydrogen-bond donors (Lipinski definition) is 2. The summed E-state index contributed by atoms with van der Waals surface area (Å²) in [5.41, 5.74) is 2.38. The third kappa shape index (κ3) is 2.90. The minimum atomic E-state index is -0.164. The minimum absolute atomic E-state index is 0.164. The summed E-state index contributed by atoms with van der Waals surface area (Å²) in [5.74, 6) is 0.430. The number of rotatable bonds is 3. The number of aromatic amines is 1. The molecule has 0 saturated heterocycles. The van der Waals surface area contributed by atoms with Crippen LogP contribution >= 0.6 is 11.6 Å². The van der Waals surface area contributed by atoms with Gasteiger partial charge in [0, 0.05) is 22.5 Å². The molecule has 0 unspecified atom stereocenters. The van der Waals surface area contributed by atoms with Crippen LogP contribution in [0.25, 0.3) is 0 Å². The van der Waals surface area contributed by atoms with Crippen molar-refractivity contribution in [2.45, 2.75) is 20.3 Å². The van der Waals surface area contributed by atoms with Crippen LogP contribution in [0.2, 0.25) is 5.02 Å². The van der Waals surface area contributed by atoms with Gasteiger partial charge in [-0.2, -0.15) is 0 Å². The monoisotopic (exact) mass is 263 g/mol. The van der Waals surface area contributed by atoms with Gasteiger partial charge in [0.15, 0.2) is 0 Å². The second-order valence-electron chi connectivity index (χ2n) is 4.03. The smallest absolute Gasteiger partial charge is 0.252 e. The van der Waals surface area contributed by atoms with Gasteiger partial charge in [0.05, 0.1) is 0 Å². The number of halogens is 1. The average molecular weight is 264 g/mol. The quantitative estimate of drug-likeness (QED) is 0.895. The lowest BCUT2D eigenvalue weighted by molar-refractivity contribution is 0.986. The number of hydrogen-bond acceptors (Lipinski definition) is 3. The van der Waals surface area contributed by atoms with E-state index in [4.69, 9.17) is 11.6 Å². The highest BCUT2D eigenvalue weighted by Gasteiger charge is 2.02. The molecule has 2 rings (SSSR count). The topological polar surface area (TPSA) is 57.8 Å². The van der Waals surface area contributed by atoms with Crippen LogP contribution in [0.15, 0.2) is 29.1 Å². The maximum atomic E-state index is 11.4. The highest BCUT2D eigenvalue weighted by atomic mass is 35.5. The summed E-state index contributed by atoms with van der Waals surface area (Å²) in [6.45, 7) is 3.89. The molecule has 0 spiro atoms. The molecule has 0 bridgehead atoms. The van der Waals surface area contributed by atoms with E-state index in [9.17, 15) is 4.79 Å². The van der Waals surface area contributed by atoms with Crippen LogP contribution < -0.4 is 10.9 Å². The number of aromatic nitrogens is 2. The van der Waals surface area contributed by atoms with Crippen molar-refractivity contribution >= 4 is 23.2 Å². The van der Waals surface area contributed by atoms with E-state index in [1.807, 2.05) is 26.0 Å². The van der Waals surface area contributed by atoms with Crippen LogP contribution in [0.4, 0.5) is 11.6 Å². The molecule has 1 aromatic carbocycles. The Hall–Kier alpha value is -1.81. The first-order chi connectivity index (χ1) is 8.58. The van der Waals surface area contributed by atoms with E-state index in [0.717, 1.165) is 16.9 Å². The average Bonchev–Trinajstić information content (AvgIpc) is 2.33. The first-order valence-electron chi connectivity index (χ1n) is 5.72. The van der Waals surface area contributed by atoms with Crippen LogP contribution in [0.1, 0.15) is 18.2 Å². The molecule has 94 valence electrons. The predicted octanol–water partition coefficient (Wildman–Crippen LogP) is 3.04. The van der Waals surface area contributed by atoms with Crippen molar-refractivity contribution in [3.05, 3.63) is 50.9 Å². The van der Waals surface area contributed by atoms with Gasteiger partial charge in [-0.1, -0.05) is 24.6 Å². The van der Waals surface area contributed by atoms with Crippen molar-refractivity contribution in [1.29, 1.82) is 0 Å². The normalized spacial score (nSPS) is 10.4. The van der Waals surface area contributed by atoms with Gasteiger partial charge in [-0.3, -0.25) is 9.78 Å². The van der Waals surface area contributed by atoms with Crippen LogP contribution in [-0.2, 0) is 6.42 Å². The molecule has 0 aliphatic heterocycles. The van der Waals surface area contributed by atoms with Gasteiger partial charge in [0.1, 0.15) is 0 Å². The second kappa shape index (κ2) is 5.23. The third-order valence-corrected chi connectivity index (χ3v) is 3.00. The Morgan fingerprint density at radius 3 is 2.83 bits per heavy atom. The zero-order chi connectivity index (χ0) is 13.1. The van der Waals surface area contributed by atoms with Gasteiger partial charge in [-0.05, 0) is 31.0 Å². The number of H-pyrrole nitrogens is 1. The Kier molecular flexibility index (Phi) is 3.67. The molecule has 0 atom stereocenters. The summed E-state index contributed by atoms with van der Waals surface area (Å²) in [6.07, 6.45) is 0.716. The van der Waals surface area contributed by atoms with Crippen molar-refractivity contribution in [1.82, 2.24) is 9.97 Å². The third-order valence-electron chi connectivity index (χ3n) is 2.59. The van der Waals surface area contributed by atoms with E-state index < -0.39 is 0 Å². The first-order valence-corrected chi connectivity index (χ1v) is 6.09. The molecule has 2 aromatic rings. The van der Waals surface area contributed by atoms with Crippen LogP contribution in [0.3, 0.4) is 0 Å². The molecule has 0 aliphatic rings. The number of benzene rings is 1. The van der Waals surface area contributed by atoms with Gasteiger partial charge < -0.3 is 5.32 Å². The van der Waals surface area contributed by atoms with Gasteiger partial charge >= 0.3 is 0 Å². The first kappa shape index (κ1) is 12.6. The molecule has 2 N–H and O–H groups in total. The SMILES string of the molecule is CCc1cc(=O)[nH]c(Nc2ccc(C)c(Cl)c2)n1. The molecule has 0 aliphatic carbocycles. The highest BCUT2D eigenvalue weighted by Crippen LogP contribution is 2.21. The Balaban J connectivity index is 2.30. The van der Waals surface area contributed by atoms with E-state index in [1.165, 1.54) is 6.07 Å². The van der Waals surface area contributed by atoms with E-state index in [1.54, 1.807) is 6.07 Å². The summed E-state index contributed by atoms with van der Waals surface area (Å²) in [5, 5.41) is 3.71. The van der Waals surface area contributed by atoms with E-state index >= 15 is 0 Å². The molecule has 0 amide bonds. The molecule has 5 heteroatoms. The maximum Gasteiger partial charge on any atom is 0.252 e. The fraction of sp³-hybridized carbons (Fsp3) is 0.231. The van der Waals surface area contributed by atoms with Gasteiger partial charge in [-0.25, -0.2) is 4.98 Å². The standard InChI is InChI=1S/C13H14ClN3O/c1-3-9-7-12(18)17-13(15-9)16-10-5-4-8(2)11(14)6-10/h4-7H,3H2,1-2H3,(H2,15,16,17,18). The molecule has 0 saturated carbocycles. The number of nitrogens with one attached hydrogen (secondary N) is 2. The summed E-state index contributed by atoms with van der Waals surface area (Å²) >= 11 is 6.04. The number of nitrogens with zero attached hydrogens (tertiary/aromatic N) is 1. The Labute approximate surface area is 110 Å². The Morgan fingerprint density at radius 2 is 2.17 bits per heavy atom. The molecule has 0 radical (unpaired) electrons. The molecule has 1 heterocycles. The zero-order valence-electron chi connectivity index (χ0n) is 10.2.